The first-order valence-corrected chi connectivity index (χ1v) is 10.5. The third-order valence-corrected chi connectivity index (χ3v) is 6.23. The number of anilines is 1. The Morgan fingerprint density at radius 2 is 1.93 bits per heavy atom. The molecule has 4 rings (SSSR count). The zero-order valence-corrected chi connectivity index (χ0v) is 17.0. The van der Waals surface area contributed by atoms with Gasteiger partial charge in [-0.1, -0.05) is 30.3 Å². The van der Waals surface area contributed by atoms with Gasteiger partial charge in [0.1, 0.15) is 5.82 Å². The highest BCUT2D eigenvalue weighted by molar-refractivity contribution is 5.66. The van der Waals surface area contributed by atoms with Crippen molar-refractivity contribution in [2.75, 3.05) is 37.7 Å². The molecule has 0 N–H and O–H groups in total. The Hall–Kier alpha value is -2.40. The van der Waals surface area contributed by atoms with Gasteiger partial charge in [-0.2, -0.15) is 0 Å². The lowest BCUT2D eigenvalue weighted by Gasteiger charge is -2.43. The number of rotatable bonds is 6. The van der Waals surface area contributed by atoms with Gasteiger partial charge in [0.15, 0.2) is 0 Å². The normalized spacial score (nSPS) is 21.8. The van der Waals surface area contributed by atoms with Crippen LogP contribution in [0.15, 0.2) is 48.5 Å². The lowest BCUT2D eigenvalue weighted by Crippen LogP contribution is -2.52. The largest absolute Gasteiger partial charge is 0.465 e. The zero-order chi connectivity index (χ0) is 20.2. The molecule has 0 amide bonds. The number of halogens is 1. The van der Waals surface area contributed by atoms with Crippen LogP contribution in [-0.4, -0.2) is 49.7 Å². The summed E-state index contributed by atoms with van der Waals surface area (Å²) in [5.41, 5.74) is 3.90. The Bertz CT molecular complexity index is 839. The molecule has 0 radical (unpaired) electrons. The molecule has 2 unspecified atom stereocenters. The van der Waals surface area contributed by atoms with Crippen molar-refractivity contribution in [3.8, 4) is 0 Å². The number of carbonyl (C=O) groups is 1. The molecule has 0 aromatic heterocycles. The predicted molar refractivity (Wildman–Crippen MR) is 113 cm³/mol. The second-order valence-corrected chi connectivity index (χ2v) is 8.17. The van der Waals surface area contributed by atoms with Gasteiger partial charge in [-0.05, 0) is 48.6 Å². The lowest BCUT2D eigenvalue weighted by atomic mass is 9.90. The highest BCUT2D eigenvalue weighted by Gasteiger charge is 2.36. The van der Waals surface area contributed by atoms with Crippen LogP contribution in [0.2, 0.25) is 0 Å². The maximum absolute atomic E-state index is 13.1. The monoisotopic (exact) mass is 396 g/mol. The van der Waals surface area contributed by atoms with Crippen molar-refractivity contribution in [3.63, 3.8) is 0 Å². The number of carbonyl (C=O) groups excluding carboxylic acids is 1. The maximum Gasteiger partial charge on any atom is 0.302 e. The first-order chi connectivity index (χ1) is 14.1. The van der Waals surface area contributed by atoms with Gasteiger partial charge >= 0.3 is 5.97 Å². The highest BCUT2D eigenvalue weighted by Crippen LogP contribution is 2.34. The van der Waals surface area contributed by atoms with E-state index in [0.29, 0.717) is 12.6 Å². The van der Waals surface area contributed by atoms with Crippen LogP contribution >= 0.6 is 0 Å². The fraction of sp³-hybridized carbons (Fsp3) is 0.458. The Kier molecular flexibility index (Phi) is 6.14. The first kappa shape index (κ1) is 19.9. The second-order valence-electron chi connectivity index (χ2n) is 8.17. The van der Waals surface area contributed by atoms with Gasteiger partial charge in [0.2, 0.25) is 0 Å². The van der Waals surface area contributed by atoms with Crippen LogP contribution in [0.4, 0.5) is 10.1 Å². The standard InChI is InChI=1S/C24H29FN2O2/c1-18(28)29-17-21-16-26(13-10-19-6-8-22(25)9-7-19)14-12-24(21)27-15-11-20-4-2-3-5-23(20)27/h2-9,21,24H,10-17H2,1H3. The Morgan fingerprint density at radius 1 is 1.14 bits per heavy atom. The summed E-state index contributed by atoms with van der Waals surface area (Å²) in [5, 5.41) is 0. The number of ether oxygens (including phenoxy) is 1. The van der Waals surface area contributed by atoms with E-state index in [-0.39, 0.29) is 17.7 Å². The molecule has 0 saturated carbocycles. The van der Waals surface area contributed by atoms with E-state index in [1.165, 1.54) is 30.3 Å². The van der Waals surface area contributed by atoms with Gasteiger partial charge in [-0.25, -0.2) is 4.39 Å². The van der Waals surface area contributed by atoms with Crippen LogP contribution in [0.5, 0.6) is 0 Å². The molecule has 4 nitrogen and oxygen atoms in total. The summed E-state index contributed by atoms with van der Waals surface area (Å²) in [6.07, 6.45) is 3.04. The number of nitrogens with zero attached hydrogens (tertiary/aromatic N) is 2. The molecule has 2 aliphatic heterocycles. The molecule has 29 heavy (non-hydrogen) atoms. The van der Waals surface area contributed by atoms with E-state index in [2.05, 4.69) is 34.1 Å². The summed E-state index contributed by atoms with van der Waals surface area (Å²) in [5.74, 6) is -0.122. The van der Waals surface area contributed by atoms with Gasteiger partial charge in [-0.15, -0.1) is 0 Å². The van der Waals surface area contributed by atoms with Crippen molar-refractivity contribution >= 4 is 11.7 Å². The fourth-order valence-corrected chi connectivity index (χ4v) is 4.74. The van der Waals surface area contributed by atoms with Gasteiger partial charge in [-0.3, -0.25) is 4.79 Å². The van der Waals surface area contributed by atoms with Gasteiger partial charge < -0.3 is 14.5 Å². The number of hydrogen-bond donors (Lipinski definition) is 0. The molecule has 1 saturated heterocycles. The average molecular weight is 397 g/mol. The number of fused-ring (bicyclic) bond motifs is 1. The van der Waals surface area contributed by atoms with Crippen LogP contribution in [-0.2, 0) is 22.4 Å². The molecule has 2 aliphatic rings. The summed E-state index contributed by atoms with van der Waals surface area (Å²) < 4.78 is 18.6. The number of piperidine rings is 1. The second kappa shape index (κ2) is 8.95. The van der Waals surface area contributed by atoms with Crippen molar-refractivity contribution in [2.45, 2.75) is 32.2 Å². The molecule has 2 aromatic carbocycles. The zero-order valence-electron chi connectivity index (χ0n) is 17.0. The summed E-state index contributed by atoms with van der Waals surface area (Å²) in [4.78, 5) is 16.4. The van der Waals surface area contributed by atoms with Crippen molar-refractivity contribution in [2.24, 2.45) is 5.92 Å². The molecular formula is C24H29FN2O2. The highest BCUT2D eigenvalue weighted by atomic mass is 19.1. The fourth-order valence-electron chi connectivity index (χ4n) is 4.74. The van der Waals surface area contributed by atoms with E-state index in [1.54, 1.807) is 0 Å². The molecule has 2 atom stereocenters. The summed E-state index contributed by atoms with van der Waals surface area (Å²) in [6.45, 7) is 5.86. The minimum absolute atomic E-state index is 0.193. The van der Waals surface area contributed by atoms with E-state index in [1.807, 2.05) is 12.1 Å². The number of likely N-dealkylation sites (tertiary alicyclic amines) is 1. The number of benzene rings is 2. The lowest BCUT2D eigenvalue weighted by molar-refractivity contribution is -0.143. The van der Waals surface area contributed by atoms with Crippen LogP contribution < -0.4 is 4.90 Å². The quantitative estimate of drug-likeness (QED) is 0.698. The summed E-state index contributed by atoms with van der Waals surface area (Å²) >= 11 is 0. The number of esters is 1. The van der Waals surface area contributed by atoms with E-state index >= 15 is 0 Å². The van der Waals surface area contributed by atoms with Crippen molar-refractivity contribution in [1.82, 2.24) is 4.90 Å². The number of para-hydroxylation sites is 1. The number of hydrogen-bond acceptors (Lipinski definition) is 4. The molecule has 0 bridgehead atoms. The third-order valence-electron chi connectivity index (χ3n) is 6.23. The topological polar surface area (TPSA) is 32.8 Å². The molecule has 1 fully saturated rings. The smallest absolute Gasteiger partial charge is 0.302 e. The van der Waals surface area contributed by atoms with Crippen LogP contribution in [0.1, 0.15) is 24.5 Å². The summed E-state index contributed by atoms with van der Waals surface area (Å²) in [7, 11) is 0. The van der Waals surface area contributed by atoms with E-state index < -0.39 is 0 Å². The molecule has 0 aliphatic carbocycles. The molecular weight excluding hydrogens is 367 g/mol. The average Bonchev–Trinajstić information content (AvgIpc) is 3.16. The molecule has 5 heteroatoms. The Morgan fingerprint density at radius 3 is 2.72 bits per heavy atom. The Balaban J connectivity index is 1.42. The first-order valence-electron chi connectivity index (χ1n) is 10.5. The van der Waals surface area contributed by atoms with Crippen LogP contribution in [0, 0.1) is 11.7 Å². The van der Waals surface area contributed by atoms with Crippen molar-refractivity contribution in [3.05, 3.63) is 65.5 Å². The van der Waals surface area contributed by atoms with Crippen molar-refractivity contribution < 1.29 is 13.9 Å². The predicted octanol–water partition coefficient (Wildman–Crippen LogP) is 3.68. The SMILES string of the molecule is CC(=O)OCC1CN(CCc2ccc(F)cc2)CCC1N1CCc2ccccc21. The molecule has 2 heterocycles. The third kappa shape index (κ3) is 4.78. The van der Waals surface area contributed by atoms with Gasteiger partial charge in [0.05, 0.1) is 6.61 Å². The summed E-state index contributed by atoms with van der Waals surface area (Å²) in [6, 6.07) is 15.8. The van der Waals surface area contributed by atoms with E-state index in [4.69, 9.17) is 4.74 Å². The maximum atomic E-state index is 13.1. The minimum atomic E-state index is -0.214. The van der Waals surface area contributed by atoms with E-state index in [0.717, 1.165) is 51.0 Å². The van der Waals surface area contributed by atoms with Crippen LogP contribution in [0.3, 0.4) is 0 Å². The molecule has 2 aromatic rings. The minimum Gasteiger partial charge on any atom is -0.465 e. The van der Waals surface area contributed by atoms with Gasteiger partial charge in [0, 0.05) is 50.7 Å². The van der Waals surface area contributed by atoms with E-state index in [9.17, 15) is 9.18 Å². The molecule has 154 valence electrons. The van der Waals surface area contributed by atoms with Crippen LogP contribution in [0.25, 0.3) is 0 Å². The van der Waals surface area contributed by atoms with Crippen molar-refractivity contribution in [1.29, 1.82) is 0 Å². The Labute approximate surface area is 172 Å². The molecule has 0 spiro atoms. The van der Waals surface area contributed by atoms with Gasteiger partial charge in [0.25, 0.3) is 0 Å².